The molecular weight excluding hydrogens is 208 g/mol. The lowest BCUT2D eigenvalue weighted by Gasteiger charge is -2.22. The van der Waals surface area contributed by atoms with E-state index in [1.54, 1.807) is 0 Å². The maximum atomic E-state index is 10.9. The highest BCUT2D eigenvalue weighted by molar-refractivity contribution is 5.77. The topological polar surface area (TPSA) is 55.8 Å². The first-order chi connectivity index (χ1) is 7.58. The second kappa shape index (κ2) is 5.63. The van der Waals surface area contributed by atoms with Gasteiger partial charge in [-0.25, -0.2) is 4.79 Å². The van der Waals surface area contributed by atoms with Gasteiger partial charge in [-0.05, 0) is 12.5 Å². The molecule has 0 heterocycles. The third kappa shape index (κ3) is 3.32. The zero-order valence-corrected chi connectivity index (χ0v) is 9.47. The maximum Gasteiger partial charge on any atom is 0.338 e. The summed E-state index contributed by atoms with van der Waals surface area (Å²) in [5.74, 6) is -1.02. The molecule has 88 valence electrons. The van der Waals surface area contributed by atoms with Crippen LogP contribution in [0.3, 0.4) is 0 Å². The van der Waals surface area contributed by atoms with Crippen LogP contribution >= 0.6 is 0 Å². The molecule has 0 saturated carbocycles. The predicted molar refractivity (Wildman–Crippen MR) is 59.1 cm³/mol. The van der Waals surface area contributed by atoms with Crippen LogP contribution < -0.4 is 0 Å². The van der Waals surface area contributed by atoms with Crippen molar-refractivity contribution >= 4 is 5.97 Å². The molecule has 0 aromatic heterocycles. The molecule has 16 heavy (non-hydrogen) atoms. The molecule has 0 fully saturated rings. The van der Waals surface area contributed by atoms with Gasteiger partial charge in [0, 0.05) is 7.11 Å². The van der Waals surface area contributed by atoms with Crippen LogP contribution in [-0.2, 0) is 20.9 Å². The molecule has 0 saturated heterocycles. The molecule has 1 N–H and O–H groups in total. The Morgan fingerprint density at radius 1 is 1.38 bits per heavy atom. The number of aliphatic carboxylic acids is 1. The molecule has 0 aliphatic heterocycles. The van der Waals surface area contributed by atoms with E-state index in [0.29, 0.717) is 6.61 Å². The largest absolute Gasteiger partial charge is 0.479 e. The Hall–Kier alpha value is -1.39. The van der Waals surface area contributed by atoms with Crippen molar-refractivity contribution in [2.24, 2.45) is 0 Å². The van der Waals surface area contributed by atoms with E-state index < -0.39 is 11.6 Å². The van der Waals surface area contributed by atoms with E-state index in [1.807, 2.05) is 30.3 Å². The van der Waals surface area contributed by atoms with E-state index in [-0.39, 0.29) is 6.61 Å². The molecule has 4 heteroatoms. The summed E-state index contributed by atoms with van der Waals surface area (Å²) in [4.78, 5) is 10.9. The fourth-order valence-electron chi connectivity index (χ4n) is 1.15. The fourth-order valence-corrected chi connectivity index (χ4v) is 1.15. The summed E-state index contributed by atoms with van der Waals surface area (Å²) in [6, 6.07) is 9.58. The summed E-state index contributed by atoms with van der Waals surface area (Å²) in [5.41, 5.74) is -0.277. The molecule has 0 amide bonds. The number of benzene rings is 1. The Morgan fingerprint density at radius 3 is 2.50 bits per heavy atom. The van der Waals surface area contributed by atoms with E-state index >= 15 is 0 Å². The van der Waals surface area contributed by atoms with Crippen LogP contribution in [0.25, 0.3) is 0 Å². The van der Waals surface area contributed by atoms with Gasteiger partial charge in [-0.15, -0.1) is 0 Å². The SMILES string of the molecule is COC(C)(COCc1ccccc1)C(=O)O. The van der Waals surface area contributed by atoms with Crippen LogP contribution in [0.5, 0.6) is 0 Å². The minimum Gasteiger partial charge on any atom is -0.479 e. The molecule has 0 radical (unpaired) electrons. The van der Waals surface area contributed by atoms with Gasteiger partial charge in [0.1, 0.15) is 0 Å². The van der Waals surface area contributed by atoms with Crippen LogP contribution in [0.15, 0.2) is 30.3 Å². The summed E-state index contributed by atoms with van der Waals surface area (Å²) in [5, 5.41) is 8.92. The number of methoxy groups -OCH3 is 1. The zero-order chi connectivity index (χ0) is 12.0. The Bertz CT molecular complexity index is 336. The lowest BCUT2D eigenvalue weighted by Crippen LogP contribution is -2.42. The lowest BCUT2D eigenvalue weighted by atomic mass is 10.1. The highest BCUT2D eigenvalue weighted by atomic mass is 16.6. The van der Waals surface area contributed by atoms with Gasteiger partial charge in [0.25, 0.3) is 0 Å². The van der Waals surface area contributed by atoms with Gasteiger partial charge >= 0.3 is 5.97 Å². The quantitative estimate of drug-likeness (QED) is 0.799. The Labute approximate surface area is 94.8 Å². The summed E-state index contributed by atoms with van der Waals surface area (Å²) in [7, 11) is 1.36. The number of rotatable bonds is 6. The summed E-state index contributed by atoms with van der Waals surface area (Å²) in [6.45, 7) is 1.89. The highest BCUT2D eigenvalue weighted by Gasteiger charge is 2.33. The van der Waals surface area contributed by atoms with Crippen molar-refractivity contribution in [3.63, 3.8) is 0 Å². The molecular formula is C12H16O4. The lowest BCUT2D eigenvalue weighted by molar-refractivity contribution is -0.167. The number of carbonyl (C=O) groups is 1. The van der Waals surface area contributed by atoms with Crippen molar-refractivity contribution in [3.05, 3.63) is 35.9 Å². The number of hydrogen-bond donors (Lipinski definition) is 1. The maximum absolute atomic E-state index is 10.9. The monoisotopic (exact) mass is 224 g/mol. The first-order valence-electron chi connectivity index (χ1n) is 4.99. The standard InChI is InChI=1S/C12H16O4/c1-12(15-2,11(13)14)9-16-8-10-6-4-3-5-7-10/h3-7H,8-9H2,1-2H3,(H,13,14). The smallest absolute Gasteiger partial charge is 0.338 e. The van der Waals surface area contributed by atoms with Crippen LogP contribution in [0.2, 0.25) is 0 Å². The minimum absolute atomic E-state index is 0.0216. The predicted octanol–water partition coefficient (Wildman–Crippen LogP) is 1.69. The normalized spacial score (nSPS) is 14.4. The Balaban J connectivity index is 2.43. The van der Waals surface area contributed by atoms with Gasteiger partial charge in [-0.3, -0.25) is 0 Å². The van der Waals surface area contributed by atoms with Crippen LogP contribution in [-0.4, -0.2) is 30.4 Å². The zero-order valence-electron chi connectivity index (χ0n) is 9.47. The third-order valence-electron chi connectivity index (χ3n) is 2.39. The van der Waals surface area contributed by atoms with Gasteiger partial charge in [0.15, 0.2) is 5.60 Å². The van der Waals surface area contributed by atoms with Crippen molar-refractivity contribution in [2.75, 3.05) is 13.7 Å². The van der Waals surface area contributed by atoms with Crippen LogP contribution in [0.1, 0.15) is 12.5 Å². The molecule has 1 unspecified atom stereocenters. The number of ether oxygens (including phenoxy) is 2. The first kappa shape index (κ1) is 12.7. The molecule has 1 aromatic carbocycles. The first-order valence-corrected chi connectivity index (χ1v) is 4.99. The second-order valence-electron chi connectivity index (χ2n) is 3.72. The number of carboxylic acids is 1. The summed E-state index contributed by atoms with van der Waals surface area (Å²) >= 11 is 0. The molecule has 1 rings (SSSR count). The number of carboxylic acid groups (broad SMARTS) is 1. The Morgan fingerprint density at radius 2 is 2.00 bits per heavy atom. The third-order valence-corrected chi connectivity index (χ3v) is 2.39. The van der Waals surface area contributed by atoms with E-state index in [9.17, 15) is 4.79 Å². The fraction of sp³-hybridized carbons (Fsp3) is 0.417. The van der Waals surface area contributed by atoms with Crippen molar-refractivity contribution < 1.29 is 19.4 Å². The summed E-state index contributed by atoms with van der Waals surface area (Å²) in [6.07, 6.45) is 0. The van der Waals surface area contributed by atoms with E-state index in [1.165, 1.54) is 14.0 Å². The van der Waals surface area contributed by atoms with Crippen LogP contribution in [0, 0.1) is 0 Å². The molecule has 1 atom stereocenters. The number of hydrogen-bond acceptors (Lipinski definition) is 3. The van der Waals surface area contributed by atoms with E-state index in [2.05, 4.69) is 0 Å². The molecule has 0 spiro atoms. The highest BCUT2D eigenvalue weighted by Crippen LogP contribution is 2.11. The van der Waals surface area contributed by atoms with Crippen molar-refractivity contribution in [1.29, 1.82) is 0 Å². The van der Waals surface area contributed by atoms with Gasteiger partial charge < -0.3 is 14.6 Å². The van der Waals surface area contributed by atoms with Crippen LogP contribution in [0.4, 0.5) is 0 Å². The van der Waals surface area contributed by atoms with Gasteiger partial charge in [-0.1, -0.05) is 30.3 Å². The van der Waals surface area contributed by atoms with Gasteiger partial charge in [0.2, 0.25) is 0 Å². The van der Waals surface area contributed by atoms with Crippen molar-refractivity contribution in [1.82, 2.24) is 0 Å². The van der Waals surface area contributed by atoms with E-state index in [0.717, 1.165) is 5.56 Å². The van der Waals surface area contributed by atoms with E-state index in [4.69, 9.17) is 14.6 Å². The molecule has 0 bridgehead atoms. The second-order valence-corrected chi connectivity index (χ2v) is 3.72. The average Bonchev–Trinajstić information content (AvgIpc) is 2.30. The van der Waals surface area contributed by atoms with Gasteiger partial charge in [0.05, 0.1) is 13.2 Å². The Kier molecular flexibility index (Phi) is 4.46. The molecule has 0 aliphatic rings. The minimum atomic E-state index is -1.28. The van der Waals surface area contributed by atoms with Gasteiger partial charge in [-0.2, -0.15) is 0 Å². The van der Waals surface area contributed by atoms with Crippen molar-refractivity contribution in [2.45, 2.75) is 19.1 Å². The van der Waals surface area contributed by atoms with Crippen molar-refractivity contribution in [3.8, 4) is 0 Å². The molecule has 0 aliphatic carbocycles. The average molecular weight is 224 g/mol. The molecule has 4 nitrogen and oxygen atoms in total. The summed E-state index contributed by atoms with van der Waals surface area (Å²) < 4.78 is 10.2. The molecule has 1 aromatic rings.